The summed E-state index contributed by atoms with van der Waals surface area (Å²) in [4.78, 5) is 0. The van der Waals surface area contributed by atoms with Gasteiger partial charge in [-0.25, -0.2) is 0 Å². The van der Waals surface area contributed by atoms with Gasteiger partial charge in [0.15, 0.2) is 0 Å². The maximum absolute atomic E-state index is 4.15. The van der Waals surface area contributed by atoms with Crippen molar-refractivity contribution in [2.45, 2.75) is 6.42 Å². The van der Waals surface area contributed by atoms with Gasteiger partial charge in [-0.2, -0.15) is 5.10 Å². The molecule has 3 rings (SSSR count). The first-order valence-corrected chi connectivity index (χ1v) is 3.40. The third kappa shape index (κ3) is 0.328. The van der Waals surface area contributed by atoms with Crippen molar-refractivity contribution in [3.8, 4) is 0 Å². The first-order chi connectivity index (χ1) is 4.95. The van der Waals surface area contributed by atoms with Crippen molar-refractivity contribution in [3.05, 3.63) is 29.5 Å². The van der Waals surface area contributed by atoms with Gasteiger partial charge in [0.05, 0.1) is 11.2 Å². The Kier molecular flexibility index (Phi) is 0.556. The largest absolute Gasteiger partial charge is 0.278 e. The van der Waals surface area contributed by atoms with Crippen molar-refractivity contribution in [3.63, 3.8) is 0 Å². The second kappa shape index (κ2) is 1.24. The van der Waals surface area contributed by atoms with Crippen LogP contribution in [0.1, 0.15) is 11.3 Å². The van der Waals surface area contributed by atoms with Crippen molar-refractivity contribution >= 4 is 10.9 Å². The van der Waals surface area contributed by atoms with Gasteiger partial charge in [0.1, 0.15) is 0 Å². The first kappa shape index (κ1) is 4.50. The molecule has 1 N–H and O–H groups in total. The lowest BCUT2D eigenvalue weighted by Gasteiger charge is -2.10. The lowest BCUT2D eigenvalue weighted by molar-refractivity contribution is 0.995. The van der Waals surface area contributed by atoms with Gasteiger partial charge in [-0.05, 0) is 11.6 Å². The summed E-state index contributed by atoms with van der Waals surface area (Å²) >= 11 is 0. The molecular formula is C8H6N2. The fourth-order valence-electron chi connectivity index (χ4n) is 1.57. The Balaban J connectivity index is 2.68. The average Bonchev–Trinajstić information content (AvgIpc) is 2.25. The number of nitrogens with one attached hydrogen (secondary N) is 1. The van der Waals surface area contributed by atoms with E-state index in [4.69, 9.17) is 0 Å². The third-order valence-corrected chi connectivity index (χ3v) is 2.11. The van der Waals surface area contributed by atoms with Gasteiger partial charge in [-0.1, -0.05) is 12.1 Å². The molecule has 0 amide bonds. The first-order valence-electron chi connectivity index (χ1n) is 3.40. The monoisotopic (exact) mass is 130 g/mol. The van der Waals surface area contributed by atoms with Gasteiger partial charge in [-0.15, -0.1) is 0 Å². The van der Waals surface area contributed by atoms with Crippen LogP contribution >= 0.6 is 0 Å². The van der Waals surface area contributed by atoms with E-state index in [1.54, 1.807) is 0 Å². The molecule has 10 heavy (non-hydrogen) atoms. The van der Waals surface area contributed by atoms with E-state index in [2.05, 4.69) is 28.4 Å². The lowest BCUT2D eigenvalue weighted by atomic mass is 9.93. The Morgan fingerprint density at radius 2 is 2.40 bits per heavy atom. The highest BCUT2D eigenvalue weighted by Crippen LogP contribution is 2.31. The molecule has 2 aromatic rings. The van der Waals surface area contributed by atoms with Gasteiger partial charge < -0.3 is 0 Å². The summed E-state index contributed by atoms with van der Waals surface area (Å²) in [7, 11) is 0. The van der Waals surface area contributed by atoms with Crippen LogP contribution in [0.5, 0.6) is 0 Å². The molecule has 1 heterocycles. The van der Waals surface area contributed by atoms with E-state index in [9.17, 15) is 0 Å². The average molecular weight is 130 g/mol. The van der Waals surface area contributed by atoms with E-state index < -0.39 is 0 Å². The van der Waals surface area contributed by atoms with Crippen molar-refractivity contribution in [2.24, 2.45) is 0 Å². The van der Waals surface area contributed by atoms with Gasteiger partial charge in [0.25, 0.3) is 0 Å². The summed E-state index contributed by atoms with van der Waals surface area (Å²) < 4.78 is 0. The zero-order valence-corrected chi connectivity index (χ0v) is 5.39. The normalized spacial score (nSPS) is 13.6. The van der Waals surface area contributed by atoms with Crippen LogP contribution < -0.4 is 0 Å². The summed E-state index contributed by atoms with van der Waals surface area (Å²) in [5.41, 5.74) is 3.84. The summed E-state index contributed by atoms with van der Waals surface area (Å²) in [6.45, 7) is 0. The Bertz CT molecular complexity index is 401. The van der Waals surface area contributed by atoms with Crippen LogP contribution in [0.4, 0.5) is 0 Å². The van der Waals surface area contributed by atoms with E-state index in [1.165, 1.54) is 22.2 Å². The number of hydrogen-bond donors (Lipinski definition) is 1. The molecule has 1 aliphatic rings. The molecule has 0 radical (unpaired) electrons. The van der Waals surface area contributed by atoms with E-state index in [-0.39, 0.29) is 0 Å². The minimum absolute atomic E-state index is 1.05. The predicted molar refractivity (Wildman–Crippen MR) is 38.9 cm³/mol. The van der Waals surface area contributed by atoms with E-state index in [0.29, 0.717) is 0 Å². The zero-order valence-electron chi connectivity index (χ0n) is 5.39. The van der Waals surface area contributed by atoms with Crippen LogP contribution in [0.25, 0.3) is 10.9 Å². The van der Waals surface area contributed by atoms with Gasteiger partial charge in [0, 0.05) is 11.8 Å². The maximum atomic E-state index is 4.15. The molecule has 1 aliphatic carbocycles. The van der Waals surface area contributed by atoms with Crippen molar-refractivity contribution in [1.82, 2.24) is 10.2 Å². The molecule has 1 aromatic heterocycles. The van der Waals surface area contributed by atoms with Crippen LogP contribution in [-0.2, 0) is 6.42 Å². The van der Waals surface area contributed by atoms with Crippen LogP contribution in [-0.4, -0.2) is 10.2 Å². The third-order valence-electron chi connectivity index (χ3n) is 2.11. The Morgan fingerprint density at radius 3 is 3.30 bits per heavy atom. The second-order valence-electron chi connectivity index (χ2n) is 2.69. The number of H-pyrrole nitrogens is 1. The molecule has 0 bridgehead atoms. The molecule has 0 spiro atoms. The molecule has 0 fully saturated rings. The quantitative estimate of drug-likeness (QED) is 0.490. The molecule has 2 nitrogen and oxygen atoms in total. The van der Waals surface area contributed by atoms with Crippen LogP contribution in [0.3, 0.4) is 0 Å². The molecule has 0 aliphatic heterocycles. The molecule has 0 unspecified atom stereocenters. The molecule has 0 atom stereocenters. The van der Waals surface area contributed by atoms with Crippen LogP contribution in [0.2, 0.25) is 0 Å². The second-order valence-corrected chi connectivity index (χ2v) is 2.69. The summed E-state index contributed by atoms with van der Waals surface area (Å²) in [6, 6.07) is 6.29. The fourth-order valence-corrected chi connectivity index (χ4v) is 1.57. The topological polar surface area (TPSA) is 28.7 Å². The Morgan fingerprint density at radius 1 is 1.40 bits per heavy atom. The van der Waals surface area contributed by atoms with Crippen molar-refractivity contribution in [2.75, 3.05) is 0 Å². The number of benzene rings is 1. The number of aromatic amines is 1. The summed E-state index contributed by atoms with van der Waals surface area (Å²) in [5.74, 6) is 0. The smallest absolute Gasteiger partial charge is 0.0747 e. The van der Waals surface area contributed by atoms with Crippen LogP contribution in [0.15, 0.2) is 18.2 Å². The van der Waals surface area contributed by atoms with Crippen molar-refractivity contribution < 1.29 is 0 Å². The van der Waals surface area contributed by atoms with E-state index in [1.807, 2.05) is 0 Å². The standard InChI is InChI=1S/C8H6N2/c1-2-5-4-7-8(5)6(3-1)9-10-7/h1-3H,4H2,(H,9,10). The van der Waals surface area contributed by atoms with E-state index in [0.717, 1.165) is 6.42 Å². The van der Waals surface area contributed by atoms with Gasteiger partial charge in [-0.3, -0.25) is 5.10 Å². The number of rotatable bonds is 0. The highest BCUT2D eigenvalue weighted by atomic mass is 15.1. The number of hydrogen-bond acceptors (Lipinski definition) is 1. The highest BCUT2D eigenvalue weighted by Gasteiger charge is 2.18. The minimum atomic E-state index is 1.05. The van der Waals surface area contributed by atoms with Crippen molar-refractivity contribution in [1.29, 1.82) is 0 Å². The zero-order chi connectivity index (χ0) is 6.55. The van der Waals surface area contributed by atoms with E-state index >= 15 is 0 Å². The maximum Gasteiger partial charge on any atom is 0.0747 e. The fraction of sp³-hybridized carbons (Fsp3) is 0.125. The molecule has 48 valence electrons. The number of aromatic nitrogens is 2. The summed E-state index contributed by atoms with van der Waals surface area (Å²) in [5, 5.41) is 8.49. The Hall–Kier alpha value is -1.31. The molecule has 1 aromatic carbocycles. The molecular weight excluding hydrogens is 124 g/mol. The molecule has 0 saturated heterocycles. The highest BCUT2D eigenvalue weighted by molar-refractivity contribution is 5.90. The number of nitrogens with zero attached hydrogens (tertiary/aromatic N) is 1. The molecule has 2 heteroatoms. The molecule has 0 saturated carbocycles. The SMILES string of the molecule is c1cc2c3c(n[nH]c3c1)C2. The van der Waals surface area contributed by atoms with Gasteiger partial charge >= 0.3 is 0 Å². The lowest BCUT2D eigenvalue weighted by Crippen LogP contribution is -1.99. The van der Waals surface area contributed by atoms with Crippen LogP contribution in [0, 0.1) is 0 Å². The Labute approximate surface area is 57.9 Å². The minimum Gasteiger partial charge on any atom is -0.278 e. The predicted octanol–water partition coefficient (Wildman–Crippen LogP) is 1.47. The summed E-state index contributed by atoms with van der Waals surface area (Å²) in [6.07, 6.45) is 1.05. The van der Waals surface area contributed by atoms with Gasteiger partial charge in [0.2, 0.25) is 0 Å².